The second-order valence-electron chi connectivity index (χ2n) is 7.82. The Morgan fingerprint density at radius 3 is 2.45 bits per heavy atom. The number of para-hydroxylation sites is 1. The largest absolute Gasteiger partial charge is 0.339 e. The Labute approximate surface area is 193 Å². The SMILES string of the molecule is CCN(CC)C(=O)c1cccc(NC(=O)C(C)N(CC)Cc2nc3ccccc3c(=O)[nH]2)c1. The quantitative estimate of drug-likeness (QED) is 0.523. The Bertz CT molecular complexity index is 1190. The number of nitrogens with zero attached hydrogens (tertiary/aromatic N) is 3. The number of aromatic amines is 1. The smallest absolute Gasteiger partial charge is 0.258 e. The van der Waals surface area contributed by atoms with E-state index in [0.717, 1.165) is 0 Å². The van der Waals surface area contributed by atoms with Gasteiger partial charge in [0.25, 0.3) is 11.5 Å². The van der Waals surface area contributed by atoms with Crippen LogP contribution in [-0.4, -0.2) is 57.3 Å². The number of amides is 2. The second-order valence-corrected chi connectivity index (χ2v) is 7.82. The summed E-state index contributed by atoms with van der Waals surface area (Å²) in [4.78, 5) is 49.0. The van der Waals surface area contributed by atoms with Gasteiger partial charge in [-0.25, -0.2) is 4.98 Å². The van der Waals surface area contributed by atoms with Gasteiger partial charge in [0.15, 0.2) is 0 Å². The number of likely N-dealkylation sites (N-methyl/N-ethyl adjacent to an activating group) is 1. The molecule has 1 unspecified atom stereocenters. The van der Waals surface area contributed by atoms with Crippen LogP contribution in [0.2, 0.25) is 0 Å². The molecule has 2 amide bonds. The summed E-state index contributed by atoms with van der Waals surface area (Å²) in [5.74, 6) is 0.241. The minimum absolute atomic E-state index is 0.0642. The van der Waals surface area contributed by atoms with Crippen LogP contribution in [0.15, 0.2) is 53.3 Å². The van der Waals surface area contributed by atoms with Crippen molar-refractivity contribution < 1.29 is 9.59 Å². The Hall–Kier alpha value is -3.52. The van der Waals surface area contributed by atoms with Crippen molar-refractivity contribution in [2.45, 2.75) is 40.3 Å². The van der Waals surface area contributed by atoms with Gasteiger partial charge in [-0.3, -0.25) is 19.3 Å². The van der Waals surface area contributed by atoms with Crippen molar-refractivity contribution in [2.24, 2.45) is 0 Å². The molecule has 3 rings (SSSR count). The van der Waals surface area contributed by atoms with Crippen LogP contribution < -0.4 is 10.9 Å². The fourth-order valence-electron chi connectivity index (χ4n) is 3.76. The van der Waals surface area contributed by atoms with Crippen LogP contribution >= 0.6 is 0 Å². The van der Waals surface area contributed by atoms with E-state index in [4.69, 9.17) is 0 Å². The average Bonchev–Trinajstić information content (AvgIpc) is 2.83. The molecule has 1 heterocycles. The maximum Gasteiger partial charge on any atom is 0.258 e. The van der Waals surface area contributed by atoms with Crippen LogP contribution in [0.4, 0.5) is 5.69 Å². The van der Waals surface area contributed by atoms with Crippen molar-refractivity contribution in [3.05, 3.63) is 70.3 Å². The summed E-state index contributed by atoms with van der Waals surface area (Å²) in [7, 11) is 0. The van der Waals surface area contributed by atoms with Crippen molar-refractivity contribution in [3.8, 4) is 0 Å². The van der Waals surface area contributed by atoms with Crippen LogP contribution in [0, 0.1) is 0 Å². The topological polar surface area (TPSA) is 98.4 Å². The molecule has 0 spiro atoms. The number of fused-ring (bicyclic) bond motifs is 1. The number of carbonyl (C=O) groups excluding carboxylic acids is 2. The molecule has 3 aromatic rings. The average molecular weight is 450 g/mol. The van der Waals surface area contributed by atoms with Gasteiger partial charge >= 0.3 is 0 Å². The maximum absolute atomic E-state index is 13.0. The lowest BCUT2D eigenvalue weighted by atomic mass is 10.1. The van der Waals surface area contributed by atoms with E-state index in [-0.39, 0.29) is 17.4 Å². The fourth-order valence-corrected chi connectivity index (χ4v) is 3.76. The lowest BCUT2D eigenvalue weighted by Crippen LogP contribution is -2.42. The third kappa shape index (κ3) is 5.64. The van der Waals surface area contributed by atoms with Gasteiger partial charge < -0.3 is 15.2 Å². The molecule has 8 heteroatoms. The van der Waals surface area contributed by atoms with Gasteiger partial charge in [-0.15, -0.1) is 0 Å². The van der Waals surface area contributed by atoms with E-state index in [9.17, 15) is 14.4 Å². The highest BCUT2D eigenvalue weighted by atomic mass is 16.2. The zero-order valence-electron chi connectivity index (χ0n) is 19.6. The first-order valence-electron chi connectivity index (χ1n) is 11.3. The van der Waals surface area contributed by atoms with Gasteiger partial charge in [0.1, 0.15) is 5.82 Å². The summed E-state index contributed by atoms with van der Waals surface area (Å²) >= 11 is 0. The molecule has 0 saturated heterocycles. The lowest BCUT2D eigenvalue weighted by Gasteiger charge is -2.26. The van der Waals surface area contributed by atoms with E-state index in [2.05, 4.69) is 15.3 Å². The number of carbonyl (C=O) groups is 2. The lowest BCUT2D eigenvalue weighted by molar-refractivity contribution is -0.120. The number of hydrogen-bond donors (Lipinski definition) is 2. The minimum Gasteiger partial charge on any atom is -0.339 e. The minimum atomic E-state index is -0.478. The van der Waals surface area contributed by atoms with Crippen molar-refractivity contribution >= 4 is 28.4 Å². The molecule has 0 aliphatic rings. The Morgan fingerprint density at radius 1 is 1.03 bits per heavy atom. The van der Waals surface area contributed by atoms with Gasteiger partial charge in [-0.05, 0) is 57.6 Å². The number of nitrogens with one attached hydrogen (secondary N) is 2. The van der Waals surface area contributed by atoms with Crippen molar-refractivity contribution in [1.82, 2.24) is 19.8 Å². The fraction of sp³-hybridized carbons (Fsp3) is 0.360. The first-order chi connectivity index (χ1) is 15.9. The Morgan fingerprint density at radius 2 is 1.76 bits per heavy atom. The summed E-state index contributed by atoms with van der Waals surface area (Å²) in [6, 6.07) is 13.7. The highest BCUT2D eigenvalue weighted by Gasteiger charge is 2.22. The van der Waals surface area contributed by atoms with E-state index in [1.165, 1.54) is 0 Å². The predicted octanol–water partition coefficient (Wildman–Crippen LogP) is 3.25. The van der Waals surface area contributed by atoms with Gasteiger partial charge in [-0.2, -0.15) is 0 Å². The number of H-pyrrole nitrogens is 1. The molecular weight excluding hydrogens is 418 g/mol. The third-order valence-corrected chi connectivity index (χ3v) is 5.78. The number of anilines is 1. The molecule has 0 fully saturated rings. The molecular formula is C25H31N5O3. The first-order valence-corrected chi connectivity index (χ1v) is 11.3. The highest BCUT2D eigenvalue weighted by Crippen LogP contribution is 2.15. The molecule has 2 N–H and O–H groups in total. The van der Waals surface area contributed by atoms with E-state index < -0.39 is 6.04 Å². The van der Waals surface area contributed by atoms with Crippen LogP contribution in [0.5, 0.6) is 0 Å². The second kappa shape index (κ2) is 10.9. The number of rotatable bonds is 9. The molecule has 174 valence electrons. The number of hydrogen-bond acceptors (Lipinski definition) is 5. The molecule has 2 aromatic carbocycles. The summed E-state index contributed by atoms with van der Waals surface area (Å²) in [6.07, 6.45) is 0. The Kier molecular flexibility index (Phi) is 7.95. The van der Waals surface area contributed by atoms with E-state index >= 15 is 0 Å². The predicted molar refractivity (Wildman–Crippen MR) is 130 cm³/mol. The van der Waals surface area contributed by atoms with Crippen molar-refractivity contribution in [2.75, 3.05) is 25.0 Å². The molecule has 1 atom stereocenters. The van der Waals surface area contributed by atoms with Crippen LogP contribution in [0.3, 0.4) is 0 Å². The molecule has 0 bridgehead atoms. The van der Waals surface area contributed by atoms with Crippen molar-refractivity contribution in [3.63, 3.8) is 0 Å². The third-order valence-electron chi connectivity index (χ3n) is 5.78. The summed E-state index contributed by atoms with van der Waals surface area (Å²) in [5, 5.41) is 3.45. The van der Waals surface area contributed by atoms with Crippen LogP contribution in [-0.2, 0) is 11.3 Å². The maximum atomic E-state index is 13.0. The summed E-state index contributed by atoms with van der Waals surface area (Å²) < 4.78 is 0. The summed E-state index contributed by atoms with van der Waals surface area (Å²) in [5.41, 5.74) is 1.53. The summed E-state index contributed by atoms with van der Waals surface area (Å²) in [6.45, 7) is 9.79. The van der Waals surface area contributed by atoms with Gasteiger partial charge in [0.05, 0.1) is 23.5 Å². The zero-order valence-corrected chi connectivity index (χ0v) is 19.6. The normalized spacial score (nSPS) is 12.0. The first kappa shape index (κ1) is 24.1. The van der Waals surface area contributed by atoms with E-state index in [1.807, 2.05) is 38.7 Å². The van der Waals surface area contributed by atoms with E-state index in [1.54, 1.807) is 47.4 Å². The molecule has 0 aliphatic carbocycles. The number of aromatic nitrogens is 2. The Balaban J connectivity index is 1.73. The molecule has 0 radical (unpaired) electrons. The number of benzene rings is 2. The molecule has 0 saturated carbocycles. The zero-order chi connectivity index (χ0) is 24.0. The molecule has 33 heavy (non-hydrogen) atoms. The van der Waals surface area contributed by atoms with E-state index in [0.29, 0.717) is 54.2 Å². The van der Waals surface area contributed by atoms with Gasteiger partial charge in [0.2, 0.25) is 5.91 Å². The van der Waals surface area contributed by atoms with Crippen molar-refractivity contribution in [1.29, 1.82) is 0 Å². The van der Waals surface area contributed by atoms with Crippen LogP contribution in [0.25, 0.3) is 10.9 Å². The molecule has 8 nitrogen and oxygen atoms in total. The van der Waals surface area contributed by atoms with Crippen LogP contribution in [0.1, 0.15) is 43.9 Å². The van der Waals surface area contributed by atoms with Gasteiger partial charge in [-0.1, -0.05) is 25.1 Å². The highest BCUT2D eigenvalue weighted by molar-refractivity contribution is 5.98. The standard InChI is InChI=1S/C25H31N5O3/c1-5-29(6-2)25(33)18-11-10-12-19(15-18)26-23(31)17(4)30(7-3)16-22-27-21-14-9-8-13-20(21)24(32)28-22/h8-15,17H,5-7,16H2,1-4H3,(H,26,31)(H,27,28,32). The molecule has 0 aliphatic heterocycles. The molecule has 1 aromatic heterocycles. The van der Waals surface area contributed by atoms with Gasteiger partial charge in [0, 0.05) is 24.3 Å². The monoisotopic (exact) mass is 449 g/mol.